The molecular weight excluding hydrogens is 162 g/mol. The third-order valence-corrected chi connectivity index (χ3v) is 2.77. The SMILES string of the molecule is CNc1nccc(C2CC2(C)C)n1. The van der Waals surface area contributed by atoms with E-state index in [1.54, 1.807) is 0 Å². The number of rotatable bonds is 2. The lowest BCUT2D eigenvalue weighted by atomic mass is 10.1. The van der Waals surface area contributed by atoms with Gasteiger partial charge in [0.15, 0.2) is 0 Å². The molecule has 1 fully saturated rings. The molecule has 1 heterocycles. The first-order valence-electron chi connectivity index (χ1n) is 4.64. The van der Waals surface area contributed by atoms with E-state index >= 15 is 0 Å². The Bertz CT molecular complexity index is 320. The van der Waals surface area contributed by atoms with Gasteiger partial charge >= 0.3 is 0 Å². The summed E-state index contributed by atoms with van der Waals surface area (Å²) in [6, 6.07) is 2.01. The molecule has 1 unspecified atom stereocenters. The van der Waals surface area contributed by atoms with Crippen LogP contribution in [0.15, 0.2) is 12.3 Å². The van der Waals surface area contributed by atoms with Crippen LogP contribution in [0.5, 0.6) is 0 Å². The highest BCUT2D eigenvalue weighted by Crippen LogP contribution is 2.57. The van der Waals surface area contributed by atoms with E-state index in [0.29, 0.717) is 11.3 Å². The van der Waals surface area contributed by atoms with Crippen molar-refractivity contribution in [1.82, 2.24) is 9.97 Å². The molecule has 70 valence electrons. The summed E-state index contributed by atoms with van der Waals surface area (Å²) >= 11 is 0. The van der Waals surface area contributed by atoms with Crippen molar-refractivity contribution in [2.24, 2.45) is 5.41 Å². The summed E-state index contributed by atoms with van der Waals surface area (Å²) in [5.74, 6) is 1.35. The second-order valence-electron chi connectivity index (χ2n) is 4.30. The summed E-state index contributed by atoms with van der Waals surface area (Å²) in [6.45, 7) is 4.55. The molecule has 0 aromatic carbocycles. The minimum Gasteiger partial charge on any atom is -0.357 e. The van der Waals surface area contributed by atoms with E-state index in [-0.39, 0.29) is 0 Å². The molecule has 0 aliphatic heterocycles. The minimum absolute atomic E-state index is 0.444. The van der Waals surface area contributed by atoms with Crippen molar-refractivity contribution in [3.8, 4) is 0 Å². The van der Waals surface area contributed by atoms with Gasteiger partial charge in [-0.3, -0.25) is 0 Å². The molecule has 1 aliphatic rings. The van der Waals surface area contributed by atoms with Crippen LogP contribution in [0.2, 0.25) is 0 Å². The van der Waals surface area contributed by atoms with Crippen LogP contribution in [-0.2, 0) is 0 Å². The Hall–Kier alpha value is -1.12. The van der Waals surface area contributed by atoms with Gasteiger partial charge < -0.3 is 5.32 Å². The summed E-state index contributed by atoms with van der Waals surface area (Å²) in [6.07, 6.45) is 3.07. The molecule has 0 bridgehead atoms. The largest absolute Gasteiger partial charge is 0.357 e. The molecule has 0 amide bonds. The number of hydrogen-bond acceptors (Lipinski definition) is 3. The molecule has 3 nitrogen and oxygen atoms in total. The Morgan fingerprint density at radius 1 is 1.54 bits per heavy atom. The monoisotopic (exact) mass is 177 g/mol. The summed E-state index contributed by atoms with van der Waals surface area (Å²) in [5.41, 5.74) is 1.61. The Morgan fingerprint density at radius 3 is 2.77 bits per heavy atom. The topological polar surface area (TPSA) is 37.8 Å². The van der Waals surface area contributed by atoms with Gasteiger partial charge in [-0.15, -0.1) is 0 Å². The number of nitrogens with one attached hydrogen (secondary N) is 1. The van der Waals surface area contributed by atoms with Crippen LogP contribution in [0.4, 0.5) is 5.95 Å². The van der Waals surface area contributed by atoms with Gasteiger partial charge in [-0.2, -0.15) is 0 Å². The number of nitrogens with zero attached hydrogens (tertiary/aromatic N) is 2. The van der Waals surface area contributed by atoms with Crippen LogP contribution in [-0.4, -0.2) is 17.0 Å². The van der Waals surface area contributed by atoms with Crippen molar-refractivity contribution < 1.29 is 0 Å². The predicted octanol–water partition coefficient (Wildman–Crippen LogP) is 2.03. The lowest BCUT2D eigenvalue weighted by molar-refractivity contribution is 0.615. The number of anilines is 1. The molecule has 1 saturated carbocycles. The molecular formula is C10H15N3. The minimum atomic E-state index is 0.444. The second kappa shape index (κ2) is 2.69. The van der Waals surface area contributed by atoms with Gasteiger partial charge in [0, 0.05) is 24.9 Å². The normalized spacial score (nSPS) is 24.1. The zero-order valence-corrected chi connectivity index (χ0v) is 8.33. The molecule has 1 N–H and O–H groups in total. The molecule has 1 aliphatic carbocycles. The molecule has 1 aromatic heterocycles. The van der Waals surface area contributed by atoms with E-state index in [4.69, 9.17) is 0 Å². The Balaban J connectivity index is 2.23. The zero-order chi connectivity index (χ0) is 9.47. The van der Waals surface area contributed by atoms with Crippen molar-refractivity contribution in [2.75, 3.05) is 12.4 Å². The summed E-state index contributed by atoms with van der Waals surface area (Å²) in [4.78, 5) is 8.52. The van der Waals surface area contributed by atoms with Crippen LogP contribution in [0.1, 0.15) is 31.9 Å². The Labute approximate surface area is 78.6 Å². The van der Waals surface area contributed by atoms with Gasteiger partial charge in [-0.05, 0) is 17.9 Å². The fourth-order valence-corrected chi connectivity index (χ4v) is 1.66. The third-order valence-electron chi connectivity index (χ3n) is 2.77. The maximum Gasteiger partial charge on any atom is 0.222 e. The predicted molar refractivity (Wildman–Crippen MR) is 52.7 cm³/mol. The average molecular weight is 177 g/mol. The quantitative estimate of drug-likeness (QED) is 0.751. The van der Waals surface area contributed by atoms with E-state index in [1.807, 2.05) is 19.3 Å². The summed E-state index contributed by atoms with van der Waals surface area (Å²) in [7, 11) is 1.84. The molecule has 1 atom stereocenters. The van der Waals surface area contributed by atoms with Crippen molar-refractivity contribution in [3.05, 3.63) is 18.0 Å². The van der Waals surface area contributed by atoms with Crippen LogP contribution in [0.25, 0.3) is 0 Å². The maximum atomic E-state index is 4.43. The average Bonchev–Trinajstić information content (AvgIpc) is 2.76. The van der Waals surface area contributed by atoms with Crippen molar-refractivity contribution in [1.29, 1.82) is 0 Å². The van der Waals surface area contributed by atoms with Crippen molar-refractivity contribution in [2.45, 2.75) is 26.2 Å². The fourth-order valence-electron chi connectivity index (χ4n) is 1.66. The summed E-state index contributed by atoms with van der Waals surface area (Å²) in [5, 5.41) is 2.96. The van der Waals surface area contributed by atoms with E-state index in [9.17, 15) is 0 Å². The smallest absolute Gasteiger partial charge is 0.222 e. The summed E-state index contributed by atoms with van der Waals surface area (Å²) < 4.78 is 0. The van der Waals surface area contributed by atoms with Gasteiger partial charge in [0.2, 0.25) is 5.95 Å². The standard InChI is InChI=1S/C10H15N3/c1-10(2)6-7(10)8-4-5-12-9(11-3)13-8/h4-5,7H,6H2,1-3H3,(H,11,12,13). The van der Waals surface area contributed by atoms with Gasteiger partial charge in [0.1, 0.15) is 0 Å². The van der Waals surface area contributed by atoms with E-state index in [0.717, 1.165) is 5.95 Å². The van der Waals surface area contributed by atoms with E-state index in [1.165, 1.54) is 12.1 Å². The van der Waals surface area contributed by atoms with Gasteiger partial charge in [0.25, 0.3) is 0 Å². The molecule has 1 aromatic rings. The number of aromatic nitrogens is 2. The first kappa shape index (κ1) is 8.48. The van der Waals surface area contributed by atoms with Crippen LogP contribution >= 0.6 is 0 Å². The second-order valence-corrected chi connectivity index (χ2v) is 4.30. The highest BCUT2D eigenvalue weighted by atomic mass is 15.1. The lowest BCUT2D eigenvalue weighted by Gasteiger charge is -2.04. The number of hydrogen-bond donors (Lipinski definition) is 1. The van der Waals surface area contributed by atoms with Crippen LogP contribution in [0, 0.1) is 5.41 Å². The van der Waals surface area contributed by atoms with Crippen molar-refractivity contribution in [3.63, 3.8) is 0 Å². The van der Waals surface area contributed by atoms with Gasteiger partial charge in [-0.25, -0.2) is 9.97 Å². The van der Waals surface area contributed by atoms with E-state index in [2.05, 4.69) is 29.1 Å². The molecule has 3 heteroatoms. The van der Waals surface area contributed by atoms with Crippen LogP contribution < -0.4 is 5.32 Å². The highest BCUT2D eigenvalue weighted by Gasteiger charge is 2.47. The van der Waals surface area contributed by atoms with Crippen molar-refractivity contribution >= 4 is 5.95 Å². The third kappa shape index (κ3) is 1.50. The molecule has 0 spiro atoms. The molecule has 0 radical (unpaired) electrons. The Kier molecular flexibility index (Phi) is 1.75. The first-order valence-corrected chi connectivity index (χ1v) is 4.64. The zero-order valence-electron chi connectivity index (χ0n) is 8.33. The Morgan fingerprint density at radius 2 is 2.23 bits per heavy atom. The molecule has 13 heavy (non-hydrogen) atoms. The molecule has 0 saturated heterocycles. The first-order chi connectivity index (χ1) is 6.13. The lowest BCUT2D eigenvalue weighted by Crippen LogP contribution is -2.00. The van der Waals surface area contributed by atoms with Gasteiger partial charge in [0.05, 0.1) is 0 Å². The highest BCUT2D eigenvalue weighted by molar-refractivity contribution is 5.29. The van der Waals surface area contributed by atoms with Gasteiger partial charge in [-0.1, -0.05) is 13.8 Å². The van der Waals surface area contributed by atoms with E-state index < -0.39 is 0 Å². The van der Waals surface area contributed by atoms with Crippen LogP contribution in [0.3, 0.4) is 0 Å². The molecule has 2 rings (SSSR count). The fraction of sp³-hybridized carbons (Fsp3) is 0.600. The maximum absolute atomic E-state index is 4.43.